The number of nitrogens with zero attached hydrogens (tertiary/aromatic N) is 3. The number of aromatic nitrogens is 3. The van der Waals surface area contributed by atoms with Crippen LogP contribution in [0.5, 0.6) is 0 Å². The molecule has 0 amide bonds. The summed E-state index contributed by atoms with van der Waals surface area (Å²) in [6.07, 6.45) is 7.23. The van der Waals surface area contributed by atoms with Crippen LogP contribution >= 0.6 is 0 Å². The molecule has 8 heteroatoms. The quantitative estimate of drug-likeness (QED) is 0.639. The highest BCUT2D eigenvalue weighted by Gasteiger charge is 2.26. The molecule has 1 aliphatic heterocycles. The summed E-state index contributed by atoms with van der Waals surface area (Å²) >= 11 is 0. The number of rotatable bonds is 7. The van der Waals surface area contributed by atoms with E-state index in [0.717, 1.165) is 35.2 Å². The zero-order valence-electron chi connectivity index (χ0n) is 15.5. The van der Waals surface area contributed by atoms with Gasteiger partial charge in [0, 0.05) is 49.7 Å². The van der Waals surface area contributed by atoms with Crippen LogP contribution in [0.3, 0.4) is 0 Å². The van der Waals surface area contributed by atoms with E-state index < -0.39 is 10.0 Å². The van der Waals surface area contributed by atoms with Gasteiger partial charge in [-0.15, -0.1) is 0 Å². The molecule has 0 unspecified atom stereocenters. The Bertz CT molecular complexity index is 1010. The Morgan fingerprint density at radius 1 is 1.04 bits per heavy atom. The first-order chi connectivity index (χ1) is 13.6. The SMILES string of the molecule is O=S(=O)(c1ccc(CNCc2cn[nH]c2-c2cccnc2)cc1)N1CCCC1. The molecule has 2 N–H and O–H groups in total. The summed E-state index contributed by atoms with van der Waals surface area (Å²) in [4.78, 5) is 4.51. The van der Waals surface area contributed by atoms with E-state index >= 15 is 0 Å². The van der Waals surface area contributed by atoms with Crippen molar-refractivity contribution in [3.8, 4) is 11.3 Å². The van der Waals surface area contributed by atoms with Crippen molar-refractivity contribution >= 4 is 10.0 Å². The molecule has 0 radical (unpaired) electrons. The normalized spacial score (nSPS) is 15.1. The lowest BCUT2D eigenvalue weighted by atomic mass is 10.1. The number of hydrogen-bond acceptors (Lipinski definition) is 5. The van der Waals surface area contributed by atoms with Crippen molar-refractivity contribution < 1.29 is 8.42 Å². The molecule has 3 aromatic rings. The van der Waals surface area contributed by atoms with Gasteiger partial charge in [0.15, 0.2) is 0 Å². The highest BCUT2D eigenvalue weighted by molar-refractivity contribution is 7.89. The summed E-state index contributed by atoms with van der Waals surface area (Å²) in [5, 5.41) is 10.5. The minimum Gasteiger partial charge on any atom is -0.308 e. The van der Waals surface area contributed by atoms with Crippen LogP contribution in [0.1, 0.15) is 24.0 Å². The molecule has 3 heterocycles. The van der Waals surface area contributed by atoms with E-state index in [1.54, 1.807) is 35.0 Å². The van der Waals surface area contributed by atoms with E-state index in [2.05, 4.69) is 20.5 Å². The van der Waals surface area contributed by atoms with E-state index in [0.29, 0.717) is 31.1 Å². The van der Waals surface area contributed by atoms with Gasteiger partial charge in [0.2, 0.25) is 10.0 Å². The van der Waals surface area contributed by atoms with Gasteiger partial charge in [-0.3, -0.25) is 10.1 Å². The second-order valence-electron chi connectivity index (χ2n) is 6.87. The van der Waals surface area contributed by atoms with Crippen molar-refractivity contribution in [2.24, 2.45) is 0 Å². The first-order valence-corrected chi connectivity index (χ1v) is 10.8. The highest BCUT2D eigenvalue weighted by Crippen LogP contribution is 2.22. The largest absolute Gasteiger partial charge is 0.308 e. The molecule has 0 bridgehead atoms. The summed E-state index contributed by atoms with van der Waals surface area (Å²) in [6, 6.07) is 11.0. The zero-order chi connectivity index (χ0) is 19.4. The molecular formula is C20H23N5O2S. The lowest BCUT2D eigenvalue weighted by Gasteiger charge is -2.15. The minimum absolute atomic E-state index is 0.367. The summed E-state index contributed by atoms with van der Waals surface area (Å²) < 4.78 is 26.7. The molecule has 1 aliphatic rings. The maximum absolute atomic E-state index is 12.6. The molecule has 0 spiro atoms. The van der Waals surface area contributed by atoms with Crippen molar-refractivity contribution in [3.63, 3.8) is 0 Å². The molecule has 0 atom stereocenters. The van der Waals surface area contributed by atoms with Gasteiger partial charge in [0.1, 0.15) is 0 Å². The van der Waals surface area contributed by atoms with E-state index in [1.165, 1.54) is 0 Å². The van der Waals surface area contributed by atoms with Crippen molar-refractivity contribution in [3.05, 3.63) is 66.1 Å². The highest BCUT2D eigenvalue weighted by atomic mass is 32.2. The molecule has 146 valence electrons. The fourth-order valence-corrected chi connectivity index (χ4v) is 4.92. The number of H-pyrrole nitrogens is 1. The molecule has 2 aromatic heterocycles. The van der Waals surface area contributed by atoms with Crippen LogP contribution < -0.4 is 5.32 Å². The van der Waals surface area contributed by atoms with Gasteiger partial charge in [0.05, 0.1) is 16.8 Å². The zero-order valence-corrected chi connectivity index (χ0v) is 16.3. The monoisotopic (exact) mass is 397 g/mol. The summed E-state index contributed by atoms with van der Waals surface area (Å²) in [5.74, 6) is 0. The second-order valence-corrected chi connectivity index (χ2v) is 8.81. The van der Waals surface area contributed by atoms with Crippen LogP contribution in [0.25, 0.3) is 11.3 Å². The third kappa shape index (κ3) is 3.99. The number of nitrogens with one attached hydrogen (secondary N) is 2. The molecule has 1 fully saturated rings. The van der Waals surface area contributed by atoms with E-state index in [-0.39, 0.29) is 0 Å². The standard InChI is InChI=1S/C20H23N5O2S/c26-28(27,25-10-1-2-11-25)19-7-5-16(6-8-19)12-22-14-18-15-23-24-20(18)17-4-3-9-21-13-17/h3-9,13,15,22H,1-2,10-12,14H2,(H,23,24). The van der Waals surface area contributed by atoms with E-state index in [4.69, 9.17) is 0 Å². The van der Waals surface area contributed by atoms with Gasteiger partial charge >= 0.3 is 0 Å². The van der Waals surface area contributed by atoms with Gasteiger partial charge in [-0.2, -0.15) is 9.40 Å². The number of aromatic amines is 1. The third-order valence-corrected chi connectivity index (χ3v) is 6.85. The smallest absolute Gasteiger partial charge is 0.243 e. The molecule has 1 aromatic carbocycles. The fourth-order valence-electron chi connectivity index (χ4n) is 3.40. The van der Waals surface area contributed by atoms with E-state index in [9.17, 15) is 8.42 Å². The molecule has 0 saturated carbocycles. The lowest BCUT2D eigenvalue weighted by Crippen LogP contribution is -2.27. The van der Waals surface area contributed by atoms with Gasteiger partial charge in [-0.25, -0.2) is 8.42 Å². The molecule has 7 nitrogen and oxygen atoms in total. The maximum Gasteiger partial charge on any atom is 0.243 e. The first kappa shape index (κ1) is 18.8. The van der Waals surface area contributed by atoms with Gasteiger partial charge < -0.3 is 5.32 Å². The average molecular weight is 398 g/mol. The summed E-state index contributed by atoms with van der Waals surface area (Å²) in [7, 11) is -3.35. The van der Waals surface area contributed by atoms with Crippen LogP contribution in [0.4, 0.5) is 0 Å². The average Bonchev–Trinajstić information content (AvgIpc) is 3.42. The number of sulfonamides is 1. The van der Waals surface area contributed by atoms with Crippen molar-refractivity contribution in [1.29, 1.82) is 0 Å². The Morgan fingerprint density at radius 3 is 2.54 bits per heavy atom. The van der Waals surface area contributed by atoms with Crippen molar-refractivity contribution in [2.45, 2.75) is 30.8 Å². The van der Waals surface area contributed by atoms with Gasteiger partial charge in [-0.05, 0) is 42.7 Å². The Hall–Kier alpha value is -2.55. The number of hydrogen-bond donors (Lipinski definition) is 2. The lowest BCUT2D eigenvalue weighted by molar-refractivity contribution is 0.477. The summed E-state index contributed by atoms with van der Waals surface area (Å²) in [6.45, 7) is 2.53. The Labute approximate surface area is 164 Å². The second kappa shape index (κ2) is 8.22. The van der Waals surface area contributed by atoms with Crippen LogP contribution in [0, 0.1) is 0 Å². The third-order valence-electron chi connectivity index (χ3n) is 4.94. The predicted octanol–water partition coefficient (Wildman–Crippen LogP) is 2.55. The topological polar surface area (TPSA) is 91.0 Å². The van der Waals surface area contributed by atoms with Crippen LogP contribution in [-0.2, 0) is 23.1 Å². The number of pyridine rings is 1. The molecule has 0 aliphatic carbocycles. The van der Waals surface area contributed by atoms with Crippen LogP contribution in [0.15, 0.2) is 59.9 Å². The van der Waals surface area contributed by atoms with Crippen LogP contribution in [0.2, 0.25) is 0 Å². The molecule has 28 heavy (non-hydrogen) atoms. The van der Waals surface area contributed by atoms with Crippen molar-refractivity contribution in [2.75, 3.05) is 13.1 Å². The Kier molecular flexibility index (Phi) is 5.52. The Balaban J connectivity index is 1.37. The van der Waals surface area contributed by atoms with Gasteiger partial charge in [-0.1, -0.05) is 12.1 Å². The molecular weight excluding hydrogens is 374 g/mol. The fraction of sp³-hybridized carbons (Fsp3) is 0.300. The minimum atomic E-state index is -3.35. The maximum atomic E-state index is 12.6. The number of benzene rings is 1. The molecule has 4 rings (SSSR count). The summed E-state index contributed by atoms with van der Waals surface area (Å²) in [5.41, 5.74) is 4.04. The van der Waals surface area contributed by atoms with Crippen molar-refractivity contribution in [1.82, 2.24) is 24.8 Å². The van der Waals surface area contributed by atoms with Gasteiger partial charge in [0.25, 0.3) is 0 Å². The first-order valence-electron chi connectivity index (χ1n) is 9.37. The Morgan fingerprint density at radius 2 is 1.82 bits per heavy atom. The molecule has 1 saturated heterocycles. The predicted molar refractivity (Wildman–Crippen MR) is 107 cm³/mol. The van der Waals surface area contributed by atoms with E-state index in [1.807, 2.05) is 24.3 Å². The van der Waals surface area contributed by atoms with Crippen LogP contribution in [-0.4, -0.2) is 41.0 Å².